The number of hydrazone groups is 1. The molecule has 188 valence electrons. The Hall–Kier alpha value is -4.33. The number of nitrogens with one attached hydrogen (secondary N) is 1. The summed E-state index contributed by atoms with van der Waals surface area (Å²) < 4.78 is 13.6. The second-order valence-corrected chi connectivity index (χ2v) is 8.95. The molecule has 0 bridgehead atoms. The lowest BCUT2D eigenvalue weighted by Crippen LogP contribution is -2.17. The van der Waals surface area contributed by atoms with Crippen LogP contribution in [0.3, 0.4) is 0 Å². The fourth-order valence-electron chi connectivity index (χ4n) is 3.30. The number of hydrogen-bond donors (Lipinski definition) is 1. The van der Waals surface area contributed by atoms with E-state index in [-0.39, 0.29) is 12.5 Å². The number of ether oxygens (including phenoxy) is 2. The van der Waals surface area contributed by atoms with E-state index in [1.807, 2.05) is 36.4 Å². The van der Waals surface area contributed by atoms with Gasteiger partial charge in [-0.3, -0.25) is 4.79 Å². The Morgan fingerprint density at radius 1 is 1.16 bits per heavy atom. The molecule has 0 aliphatic heterocycles. The molecule has 0 unspecified atom stereocenters. The number of benzene rings is 3. The normalized spacial score (nSPS) is 10.9. The van der Waals surface area contributed by atoms with Crippen molar-refractivity contribution >= 4 is 40.7 Å². The van der Waals surface area contributed by atoms with Crippen LogP contribution >= 0.6 is 22.6 Å². The molecule has 0 spiro atoms. The van der Waals surface area contributed by atoms with Crippen molar-refractivity contribution in [3.63, 3.8) is 0 Å². The van der Waals surface area contributed by atoms with Gasteiger partial charge in [0.1, 0.15) is 18.1 Å². The Labute approximate surface area is 225 Å². The monoisotopic (exact) mass is 612 g/mol. The van der Waals surface area contributed by atoms with Crippen molar-refractivity contribution in [2.75, 3.05) is 7.11 Å². The van der Waals surface area contributed by atoms with E-state index < -0.39 is 10.9 Å². The van der Waals surface area contributed by atoms with Crippen LogP contribution in [0.1, 0.15) is 27.0 Å². The van der Waals surface area contributed by atoms with Crippen molar-refractivity contribution in [2.45, 2.75) is 13.2 Å². The zero-order valence-electron chi connectivity index (χ0n) is 19.6. The van der Waals surface area contributed by atoms with Crippen LogP contribution in [0.15, 0.2) is 78.2 Å². The van der Waals surface area contributed by atoms with Gasteiger partial charge in [-0.2, -0.15) is 9.78 Å². The summed E-state index contributed by atoms with van der Waals surface area (Å²) in [4.78, 5) is 26.3. The highest BCUT2D eigenvalue weighted by atomic mass is 127. The number of methoxy groups -OCH3 is 1. The fourth-order valence-corrected chi connectivity index (χ4v) is 3.66. The van der Waals surface area contributed by atoms with Gasteiger partial charge in [-0.05, 0) is 93.2 Å². The number of hydrogen-bond acceptors (Lipinski definition) is 8. The minimum absolute atomic E-state index is 0.206. The van der Waals surface area contributed by atoms with Crippen molar-refractivity contribution in [3.05, 3.63) is 109 Å². The summed E-state index contributed by atoms with van der Waals surface area (Å²) in [6, 6.07) is 20.1. The van der Waals surface area contributed by atoms with E-state index in [1.165, 1.54) is 24.3 Å². The lowest BCUT2D eigenvalue weighted by molar-refractivity contribution is -0.394. The summed E-state index contributed by atoms with van der Waals surface area (Å²) in [5.41, 5.74) is 5.30. The molecule has 0 atom stereocenters. The van der Waals surface area contributed by atoms with Gasteiger partial charge in [0.25, 0.3) is 5.91 Å². The highest BCUT2D eigenvalue weighted by molar-refractivity contribution is 14.1. The summed E-state index contributed by atoms with van der Waals surface area (Å²) in [7, 11) is 1.52. The molecular weight excluding hydrogens is 591 g/mol. The number of nitrogens with zero attached hydrogens (tertiary/aromatic N) is 5. The number of halogens is 1. The van der Waals surface area contributed by atoms with E-state index >= 15 is 0 Å². The van der Waals surface area contributed by atoms with Gasteiger partial charge in [-0.15, -0.1) is 0 Å². The zero-order valence-corrected chi connectivity index (χ0v) is 21.7. The van der Waals surface area contributed by atoms with Crippen LogP contribution in [-0.4, -0.2) is 38.9 Å². The molecule has 12 heteroatoms. The minimum Gasteiger partial charge on any atom is -0.496 e. The molecule has 0 radical (unpaired) electrons. The van der Waals surface area contributed by atoms with Crippen LogP contribution in [0.4, 0.5) is 5.95 Å². The van der Waals surface area contributed by atoms with E-state index in [9.17, 15) is 14.9 Å². The smallest absolute Gasteiger partial charge is 0.490 e. The van der Waals surface area contributed by atoms with Gasteiger partial charge in [0, 0.05) is 19.8 Å². The third-order valence-corrected chi connectivity index (χ3v) is 5.86. The zero-order chi connectivity index (χ0) is 26.2. The van der Waals surface area contributed by atoms with E-state index in [1.54, 1.807) is 30.3 Å². The van der Waals surface area contributed by atoms with Gasteiger partial charge in [-0.1, -0.05) is 17.1 Å². The summed E-state index contributed by atoms with van der Waals surface area (Å²) in [5, 5.41) is 18.7. The Bertz CT molecular complexity index is 1420. The molecule has 1 N–H and O–H groups in total. The summed E-state index contributed by atoms with van der Waals surface area (Å²) in [5.74, 6) is 0.516. The van der Waals surface area contributed by atoms with Crippen molar-refractivity contribution in [1.29, 1.82) is 0 Å². The minimum atomic E-state index is -0.661. The average molecular weight is 612 g/mol. The maximum atomic E-state index is 12.5. The first-order chi connectivity index (χ1) is 17.9. The fraction of sp³-hybridized carbons (Fsp3) is 0.120. The number of nitro groups is 1. The Balaban J connectivity index is 1.34. The largest absolute Gasteiger partial charge is 0.496 e. The number of rotatable bonds is 10. The van der Waals surface area contributed by atoms with Crippen LogP contribution in [-0.2, 0) is 13.2 Å². The molecule has 1 heterocycles. The van der Waals surface area contributed by atoms with Crippen LogP contribution in [0, 0.1) is 13.7 Å². The summed E-state index contributed by atoms with van der Waals surface area (Å²) >= 11 is 2.24. The summed E-state index contributed by atoms with van der Waals surface area (Å²) in [6.45, 7) is 0.597. The molecule has 0 saturated heterocycles. The Morgan fingerprint density at radius 3 is 2.59 bits per heavy atom. The van der Waals surface area contributed by atoms with Gasteiger partial charge in [0.15, 0.2) is 0 Å². The molecule has 1 amide bonds. The predicted molar refractivity (Wildman–Crippen MR) is 144 cm³/mol. The Kier molecular flexibility index (Phi) is 8.40. The van der Waals surface area contributed by atoms with E-state index in [0.29, 0.717) is 29.0 Å². The number of aromatic nitrogens is 3. The second-order valence-electron chi connectivity index (χ2n) is 7.71. The second kappa shape index (κ2) is 12.1. The molecule has 0 saturated carbocycles. The number of carbonyl (C=O) groups excluding carboxylic acids is 1. The van der Waals surface area contributed by atoms with Crippen molar-refractivity contribution in [2.24, 2.45) is 5.10 Å². The van der Waals surface area contributed by atoms with Crippen LogP contribution in [0.25, 0.3) is 0 Å². The quantitative estimate of drug-likeness (QED) is 0.123. The molecule has 11 nitrogen and oxygen atoms in total. The molecule has 0 aliphatic carbocycles. The maximum absolute atomic E-state index is 12.5. The van der Waals surface area contributed by atoms with Crippen LogP contribution in [0.2, 0.25) is 0 Å². The SMILES string of the molecule is COc1ccc(C=NNC(=O)c2ccc(COc3ccc(I)cc3)cc2)cc1Cn1cnc([N+](=O)[O-])n1. The molecule has 4 rings (SSSR count). The third kappa shape index (κ3) is 7.10. The number of amides is 1. The topological polar surface area (TPSA) is 134 Å². The van der Waals surface area contributed by atoms with Gasteiger partial charge in [0.2, 0.25) is 6.33 Å². The Morgan fingerprint density at radius 2 is 1.92 bits per heavy atom. The van der Waals surface area contributed by atoms with E-state index in [2.05, 4.69) is 43.2 Å². The van der Waals surface area contributed by atoms with E-state index in [0.717, 1.165) is 14.9 Å². The van der Waals surface area contributed by atoms with Crippen LogP contribution in [0.5, 0.6) is 11.5 Å². The van der Waals surface area contributed by atoms with Crippen molar-refractivity contribution in [1.82, 2.24) is 20.2 Å². The molecule has 0 aliphatic rings. The first-order valence-electron chi connectivity index (χ1n) is 10.9. The third-order valence-electron chi connectivity index (χ3n) is 5.14. The lowest BCUT2D eigenvalue weighted by Gasteiger charge is -2.08. The van der Waals surface area contributed by atoms with E-state index in [4.69, 9.17) is 9.47 Å². The van der Waals surface area contributed by atoms with Gasteiger partial charge in [-0.25, -0.2) is 5.43 Å². The lowest BCUT2D eigenvalue weighted by atomic mass is 10.1. The molecule has 3 aromatic carbocycles. The standard InChI is InChI=1S/C25H21IN6O5/c1-36-23-11-4-18(12-20(23)14-31-16-27-25(30-31)32(34)35)13-28-29-24(33)19-5-2-17(3-6-19)15-37-22-9-7-21(26)8-10-22/h2-13,16H,14-15H2,1H3,(H,29,33). The molecule has 37 heavy (non-hydrogen) atoms. The molecule has 0 fully saturated rings. The van der Waals surface area contributed by atoms with Crippen LogP contribution < -0.4 is 14.9 Å². The highest BCUT2D eigenvalue weighted by Gasteiger charge is 2.15. The number of carbonyl (C=O) groups is 1. The molecule has 1 aromatic heterocycles. The van der Waals surface area contributed by atoms with Gasteiger partial charge < -0.3 is 19.6 Å². The summed E-state index contributed by atoms with van der Waals surface area (Å²) in [6.07, 6.45) is 2.77. The molecular formula is C25H21IN6O5. The van der Waals surface area contributed by atoms with Crippen molar-refractivity contribution < 1.29 is 19.2 Å². The maximum Gasteiger partial charge on any atom is 0.490 e. The first-order valence-corrected chi connectivity index (χ1v) is 12.0. The first kappa shape index (κ1) is 25.8. The highest BCUT2D eigenvalue weighted by Crippen LogP contribution is 2.21. The predicted octanol–water partition coefficient (Wildman–Crippen LogP) is 4.19. The van der Waals surface area contributed by atoms with Gasteiger partial charge >= 0.3 is 5.95 Å². The van der Waals surface area contributed by atoms with Gasteiger partial charge in [0.05, 0.1) is 19.9 Å². The average Bonchev–Trinajstić information content (AvgIpc) is 3.38. The van der Waals surface area contributed by atoms with Crippen molar-refractivity contribution in [3.8, 4) is 11.5 Å². The molecule has 4 aromatic rings.